The molecule has 0 saturated carbocycles. The summed E-state index contributed by atoms with van der Waals surface area (Å²) in [7, 11) is 1.84. The van der Waals surface area contributed by atoms with Crippen molar-refractivity contribution in [3.05, 3.63) is 18.0 Å². The van der Waals surface area contributed by atoms with Gasteiger partial charge < -0.3 is 11.1 Å². The summed E-state index contributed by atoms with van der Waals surface area (Å²) < 4.78 is 1.73. The minimum atomic E-state index is -0.400. The molecule has 1 atom stereocenters. The topological polar surface area (TPSA) is 72.9 Å². The van der Waals surface area contributed by atoms with E-state index in [4.69, 9.17) is 5.73 Å². The third kappa shape index (κ3) is 3.36. The second kappa shape index (κ2) is 5.50. The fourth-order valence-corrected chi connectivity index (χ4v) is 1.33. The Kier molecular flexibility index (Phi) is 4.30. The normalized spacial score (nSPS) is 12.5. The number of nitrogens with zero attached hydrogens (tertiary/aromatic N) is 2. The van der Waals surface area contributed by atoms with Gasteiger partial charge in [-0.15, -0.1) is 0 Å². The Morgan fingerprint density at radius 1 is 1.73 bits per heavy atom. The smallest absolute Gasteiger partial charge is 0.237 e. The minimum Gasteiger partial charge on any atom is -0.349 e. The number of rotatable bonds is 5. The molecule has 1 aromatic rings. The Morgan fingerprint density at radius 2 is 2.47 bits per heavy atom. The van der Waals surface area contributed by atoms with Crippen molar-refractivity contribution < 1.29 is 4.79 Å². The summed E-state index contributed by atoms with van der Waals surface area (Å²) in [6.07, 6.45) is 3.34. The summed E-state index contributed by atoms with van der Waals surface area (Å²) in [5, 5.41) is 6.80. The van der Waals surface area contributed by atoms with Crippen LogP contribution in [-0.4, -0.2) is 21.7 Å². The Hall–Kier alpha value is -1.36. The maximum Gasteiger partial charge on any atom is 0.237 e. The van der Waals surface area contributed by atoms with Crippen LogP contribution in [-0.2, 0) is 18.4 Å². The van der Waals surface area contributed by atoms with E-state index in [0.29, 0.717) is 6.54 Å². The van der Waals surface area contributed by atoms with E-state index in [1.807, 2.05) is 20.0 Å². The summed E-state index contributed by atoms with van der Waals surface area (Å²) in [4.78, 5) is 11.5. The molecule has 0 aliphatic carbocycles. The number of hydrogen-bond donors (Lipinski definition) is 2. The predicted molar refractivity (Wildman–Crippen MR) is 57.9 cm³/mol. The van der Waals surface area contributed by atoms with Crippen molar-refractivity contribution >= 4 is 5.91 Å². The maximum atomic E-state index is 11.5. The van der Waals surface area contributed by atoms with Gasteiger partial charge in [0.1, 0.15) is 0 Å². The van der Waals surface area contributed by atoms with E-state index < -0.39 is 6.04 Å². The van der Waals surface area contributed by atoms with E-state index in [0.717, 1.165) is 18.5 Å². The number of nitrogens with one attached hydrogen (secondary N) is 1. The number of aryl methyl sites for hydroxylation is 1. The van der Waals surface area contributed by atoms with Gasteiger partial charge in [0, 0.05) is 13.2 Å². The molecule has 0 fully saturated rings. The molecule has 5 heteroatoms. The van der Waals surface area contributed by atoms with Gasteiger partial charge in [-0.25, -0.2) is 0 Å². The Labute approximate surface area is 89.6 Å². The second-order valence-electron chi connectivity index (χ2n) is 3.56. The first kappa shape index (κ1) is 11.7. The molecule has 1 amide bonds. The maximum absolute atomic E-state index is 11.5. The van der Waals surface area contributed by atoms with Crippen LogP contribution in [0.2, 0.25) is 0 Å². The van der Waals surface area contributed by atoms with Gasteiger partial charge in [-0.05, 0) is 12.5 Å². The highest BCUT2D eigenvalue weighted by molar-refractivity contribution is 5.81. The quantitative estimate of drug-likeness (QED) is 0.727. The second-order valence-corrected chi connectivity index (χ2v) is 3.56. The number of carbonyl (C=O) groups excluding carboxylic acids is 1. The van der Waals surface area contributed by atoms with Crippen LogP contribution >= 0.6 is 0 Å². The van der Waals surface area contributed by atoms with Crippen LogP contribution < -0.4 is 11.1 Å². The van der Waals surface area contributed by atoms with Gasteiger partial charge in [-0.3, -0.25) is 9.48 Å². The highest BCUT2D eigenvalue weighted by Crippen LogP contribution is 1.97. The monoisotopic (exact) mass is 210 g/mol. The van der Waals surface area contributed by atoms with Crippen LogP contribution in [0.4, 0.5) is 0 Å². The first-order valence-corrected chi connectivity index (χ1v) is 5.15. The molecule has 0 bridgehead atoms. The molecule has 0 aliphatic rings. The first-order valence-electron chi connectivity index (χ1n) is 5.15. The zero-order valence-corrected chi connectivity index (χ0v) is 9.23. The number of amides is 1. The van der Waals surface area contributed by atoms with E-state index in [-0.39, 0.29) is 5.91 Å². The molecule has 15 heavy (non-hydrogen) atoms. The van der Waals surface area contributed by atoms with Gasteiger partial charge in [-0.1, -0.05) is 13.3 Å². The largest absolute Gasteiger partial charge is 0.349 e. The van der Waals surface area contributed by atoms with Gasteiger partial charge in [0.2, 0.25) is 5.91 Å². The lowest BCUT2D eigenvalue weighted by Gasteiger charge is -2.10. The average Bonchev–Trinajstić information content (AvgIpc) is 2.61. The number of carbonyl (C=O) groups is 1. The molecule has 3 N–H and O–H groups in total. The van der Waals surface area contributed by atoms with Crippen molar-refractivity contribution in [3.63, 3.8) is 0 Å². The molecule has 0 saturated heterocycles. The Bertz CT molecular complexity index is 321. The lowest BCUT2D eigenvalue weighted by atomic mass is 10.2. The summed E-state index contributed by atoms with van der Waals surface area (Å²) in [5.41, 5.74) is 6.64. The number of hydrogen-bond acceptors (Lipinski definition) is 3. The Balaban J connectivity index is 2.37. The SMILES string of the molecule is CCC[C@H](N)C(=O)NCc1ccnn1C. The molecule has 0 aromatic carbocycles. The van der Waals surface area contributed by atoms with Crippen LogP contribution in [0.5, 0.6) is 0 Å². The number of nitrogens with two attached hydrogens (primary N) is 1. The minimum absolute atomic E-state index is 0.0990. The summed E-state index contributed by atoms with van der Waals surface area (Å²) in [5.74, 6) is -0.0990. The number of aromatic nitrogens is 2. The molecule has 1 aromatic heterocycles. The Morgan fingerprint density at radius 3 is 3.00 bits per heavy atom. The van der Waals surface area contributed by atoms with Gasteiger partial charge >= 0.3 is 0 Å². The van der Waals surface area contributed by atoms with Crippen LogP contribution in [0.3, 0.4) is 0 Å². The van der Waals surface area contributed by atoms with E-state index in [1.165, 1.54) is 0 Å². The molecular formula is C10H18N4O. The van der Waals surface area contributed by atoms with Crippen LogP contribution in [0.1, 0.15) is 25.5 Å². The summed E-state index contributed by atoms with van der Waals surface area (Å²) >= 11 is 0. The van der Waals surface area contributed by atoms with Crippen LogP contribution in [0, 0.1) is 0 Å². The molecular weight excluding hydrogens is 192 g/mol. The van der Waals surface area contributed by atoms with Crippen molar-refractivity contribution in [2.75, 3.05) is 0 Å². The zero-order chi connectivity index (χ0) is 11.3. The summed E-state index contributed by atoms with van der Waals surface area (Å²) in [6.45, 7) is 2.49. The van der Waals surface area contributed by atoms with Gasteiger partial charge in [0.15, 0.2) is 0 Å². The molecule has 84 valence electrons. The summed E-state index contributed by atoms with van der Waals surface area (Å²) in [6, 6.07) is 1.47. The first-order chi connectivity index (χ1) is 7.15. The molecule has 5 nitrogen and oxygen atoms in total. The molecule has 0 aliphatic heterocycles. The van der Waals surface area contributed by atoms with Crippen LogP contribution in [0.15, 0.2) is 12.3 Å². The van der Waals surface area contributed by atoms with Crippen molar-refractivity contribution in [2.45, 2.75) is 32.4 Å². The van der Waals surface area contributed by atoms with E-state index in [2.05, 4.69) is 10.4 Å². The third-order valence-electron chi connectivity index (χ3n) is 2.30. The van der Waals surface area contributed by atoms with Crippen LogP contribution in [0.25, 0.3) is 0 Å². The molecule has 1 rings (SSSR count). The van der Waals surface area contributed by atoms with Gasteiger partial charge in [-0.2, -0.15) is 5.10 Å². The molecule has 0 spiro atoms. The van der Waals surface area contributed by atoms with Crippen molar-refractivity contribution in [2.24, 2.45) is 12.8 Å². The predicted octanol–water partition coefficient (Wildman–Crippen LogP) is 0.164. The highest BCUT2D eigenvalue weighted by atomic mass is 16.2. The van der Waals surface area contributed by atoms with Gasteiger partial charge in [0.25, 0.3) is 0 Å². The van der Waals surface area contributed by atoms with Crippen molar-refractivity contribution in [3.8, 4) is 0 Å². The fraction of sp³-hybridized carbons (Fsp3) is 0.600. The average molecular weight is 210 g/mol. The molecule has 1 heterocycles. The van der Waals surface area contributed by atoms with E-state index >= 15 is 0 Å². The molecule has 0 unspecified atom stereocenters. The fourth-order valence-electron chi connectivity index (χ4n) is 1.33. The van der Waals surface area contributed by atoms with E-state index in [1.54, 1.807) is 10.9 Å². The molecule has 0 radical (unpaired) electrons. The lowest BCUT2D eigenvalue weighted by molar-refractivity contribution is -0.122. The highest BCUT2D eigenvalue weighted by Gasteiger charge is 2.11. The van der Waals surface area contributed by atoms with Crippen molar-refractivity contribution in [1.29, 1.82) is 0 Å². The van der Waals surface area contributed by atoms with Gasteiger partial charge in [0.05, 0.1) is 18.3 Å². The van der Waals surface area contributed by atoms with Crippen molar-refractivity contribution in [1.82, 2.24) is 15.1 Å². The lowest BCUT2D eigenvalue weighted by Crippen LogP contribution is -2.40. The standard InChI is InChI=1S/C10H18N4O/c1-3-4-9(11)10(15)12-7-8-5-6-13-14(8)2/h5-6,9H,3-4,7,11H2,1-2H3,(H,12,15)/t9-/m0/s1. The zero-order valence-electron chi connectivity index (χ0n) is 9.23. The van der Waals surface area contributed by atoms with E-state index in [9.17, 15) is 4.79 Å². The third-order valence-corrected chi connectivity index (χ3v) is 2.30.